The van der Waals surface area contributed by atoms with Gasteiger partial charge < -0.3 is 14.8 Å². The van der Waals surface area contributed by atoms with Crippen LogP contribution in [0.1, 0.15) is 16.1 Å². The number of nitrogens with one attached hydrogen (secondary N) is 1. The van der Waals surface area contributed by atoms with Crippen molar-refractivity contribution in [3.63, 3.8) is 0 Å². The summed E-state index contributed by atoms with van der Waals surface area (Å²) in [5.74, 6) is 2.00. The van der Waals surface area contributed by atoms with Crippen LogP contribution >= 0.6 is 11.3 Å². The summed E-state index contributed by atoms with van der Waals surface area (Å²) in [6.07, 6.45) is 1.70. The number of hydrogen-bond donors (Lipinski definition) is 1. The van der Waals surface area contributed by atoms with Crippen molar-refractivity contribution in [3.05, 3.63) is 108 Å². The van der Waals surface area contributed by atoms with Crippen molar-refractivity contribution in [3.8, 4) is 27.8 Å². The Labute approximate surface area is 191 Å². The summed E-state index contributed by atoms with van der Waals surface area (Å²) in [6, 6.07) is 24.9. The SMILES string of the molecule is C=CCOc1cccc(-c2nc(C(=O)NCc3cccc(Oc4ccccc4)c3)cs2)c1. The van der Waals surface area contributed by atoms with Gasteiger partial charge in [0.1, 0.15) is 34.6 Å². The number of carbonyl (C=O) groups excluding carboxylic acids is 1. The third kappa shape index (κ3) is 5.62. The lowest BCUT2D eigenvalue weighted by atomic mass is 10.2. The van der Waals surface area contributed by atoms with Gasteiger partial charge in [0.05, 0.1) is 0 Å². The second-order valence-electron chi connectivity index (χ2n) is 6.91. The zero-order chi connectivity index (χ0) is 22.2. The van der Waals surface area contributed by atoms with Gasteiger partial charge in [0.2, 0.25) is 0 Å². The van der Waals surface area contributed by atoms with E-state index in [0.717, 1.165) is 33.4 Å². The summed E-state index contributed by atoms with van der Waals surface area (Å²) in [6.45, 7) is 4.47. The molecule has 1 N–H and O–H groups in total. The number of amides is 1. The molecule has 4 aromatic rings. The molecule has 160 valence electrons. The van der Waals surface area contributed by atoms with Crippen LogP contribution in [0.5, 0.6) is 17.2 Å². The van der Waals surface area contributed by atoms with Crippen LogP contribution in [0.3, 0.4) is 0 Å². The number of aromatic nitrogens is 1. The van der Waals surface area contributed by atoms with Gasteiger partial charge in [-0.1, -0.05) is 55.1 Å². The van der Waals surface area contributed by atoms with Crippen LogP contribution in [0, 0.1) is 0 Å². The molecule has 0 saturated heterocycles. The molecule has 0 radical (unpaired) electrons. The van der Waals surface area contributed by atoms with E-state index >= 15 is 0 Å². The van der Waals surface area contributed by atoms with Crippen molar-refractivity contribution >= 4 is 17.2 Å². The van der Waals surface area contributed by atoms with E-state index in [1.165, 1.54) is 11.3 Å². The third-order valence-electron chi connectivity index (χ3n) is 4.52. The summed E-state index contributed by atoms with van der Waals surface area (Å²) in [5, 5.41) is 5.45. The molecule has 0 bridgehead atoms. The van der Waals surface area contributed by atoms with Crippen molar-refractivity contribution in [2.24, 2.45) is 0 Å². The maximum Gasteiger partial charge on any atom is 0.271 e. The molecule has 32 heavy (non-hydrogen) atoms. The van der Waals surface area contributed by atoms with Crippen LogP contribution in [0.2, 0.25) is 0 Å². The van der Waals surface area contributed by atoms with Gasteiger partial charge >= 0.3 is 0 Å². The van der Waals surface area contributed by atoms with E-state index in [4.69, 9.17) is 9.47 Å². The van der Waals surface area contributed by atoms with Crippen molar-refractivity contribution in [2.75, 3.05) is 6.61 Å². The Kier molecular flexibility index (Phi) is 6.94. The number of hydrogen-bond acceptors (Lipinski definition) is 5. The number of rotatable bonds is 9. The average molecular weight is 443 g/mol. The maximum atomic E-state index is 12.6. The lowest BCUT2D eigenvalue weighted by Gasteiger charge is -2.08. The standard InChI is InChI=1S/C26H22N2O3S/c1-2-14-30-22-12-7-9-20(16-22)26-28-24(18-32-26)25(29)27-17-19-8-6-13-23(15-19)31-21-10-4-3-5-11-21/h2-13,15-16,18H,1,14,17H2,(H,27,29). The Morgan fingerprint density at radius 2 is 1.75 bits per heavy atom. The van der Waals surface area contributed by atoms with E-state index in [-0.39, 0.29) is 5.91 Å². The summed E-state index contributed by atoms with van der Waals surface area (Å²) < 4.78 is 11.4. The second-order valence-corrected chi connectivity index (χ2v) is 7.77. The van der Waals surface area contributed by atoms with Crippen molar-refractivity contribution in [1.82, 2.24) is 10.3 Å². The molecule has 0 fully saturated rings. The molecule has 5 nitrogen and oxygen atoms in total. The van der Waals surface area contributed by atoms with E-state index < -0.39 is 0 Å². The minimum atomic E-state index is -0.221. The highest BCUT2D eigenvalue weighted by atomic mass is 32.1. The summed E-state index contributed by atoms with van der Waals surface area (Å²) in [5.41, 5.74) is 2.23. The molecule has 4 rings (SSSR count). The van der Waals surface area contributed by atoms with E-state index in [0.29, 0.717) is 18.8 Å². The Morgan fingerprint density at radius 1 is 0.969 bits per heavy atom. The van der Waals surface area contributed by atoms with Gasteiger partial charge in [-0.3, -0.25) is 4.79 Å². The summed E-state index contributed by atoms with van der Waals surface area (Å²) in [7, 11) is 0. The Bertz CT molecular complexity index is 1200. The zero-order valence-electron chi connectivity index (χ0n) is 17.4. The smallest absolute Gasteiger partial charge is 0.271 e. The topological polar surface area (TPSA) is 60.5 Å². The lowest BCUT2D eigenvalue weighted by molar-refractivity contribution is 0.0946. The lowest BCUT2D eigenvalue weighted by Crippen LogP contribution is -2.23. The van der Waals surface area contributed by atoms with Crippen LogP contribution in [-0.4, -0.2) is 17.5 Å². The van der Waals surface area contributed by atoms with Crippen molar-refractivity contribution in [2.45, 2.75) is 6.54 Å². The fourth-order valence-corrected chi connectivity index (χ4v) is 3.80. The number of carbonyl (C=O) groups is 1. The minimum Gasteiger partial charge on any atom is -0.490 e. The summed E-state index contributed by atoms with van der Waals surface area (Å²) >= 11 is 1.42. The zero-order valence-corrected chi connectivity index (χ0v) is 18.2. The molecular formula is C26H22N2O3S. The summed E-state index contributed by atoms with van der Waals surface area (Å²) in [4.78, 5) is 17.1. The van der Waals surface area contributed by atoms with Gasteiger partial charge in [-0.05, 0) is 42.0 Å². The quantitative estimate of drug-likeness (QED) is 0.318. The van der Waals surface area contributed by atoms with E-state index in [1.54, 1.807) is 11.5 Å². The molecular weight excluding hydrogens is 420 g/mol. The van der Waals surface area contributed by atoms with Gasteiger partial charge in [-0.15, -0.1) is 11.3 Å². The van der Waals surface area contributed by atoms with E-state index in [2.05, 4.69) is 16.9 Å². The fraction of sp³-hybridized carbons (Fsp3) is 0.0769. The minimum absolute atomic E-state index is 0.221. The van der Waals surface area contributed by atoms with E-state index in [1.807, 2.05) is 78.9 Å². The van der Waals surface area contributed by atoms with Crippen LogP contribution in [-0.2, 0) is 6.54 Å². The fourth-order valence-electron chi connectivity index (χ4n) is 3.00. The van der Waals surface area contributed by atoms with Crippen molar-refractivity contribution in [1.29, 1.82) is 0 Å². The molecule has 1 aromatic heterocycles. The van der Waals surface area contributed by atoms with Crippen LogP contribution < -0.4 is 14.8 Å². The molecule has 3 aromatic carbocycles. The molecule has 1 heterocycles. The molecule has 0 aliphatic carbocycles. The third-order valence-corrected chi connectivity index (χ3v) is 5.41. The van der Waals surface area contributed by atoms with Gasteiger partial charge in [0.25, 0.3) is 5.91 Å². The first kappa shape index (κ1) is 21.3. The molecule has 1 amide bonds. The first-order valence-electron chi connectivity index (χ1n) is 10.1. The van der Waals surface area contributed by atoms with E-state index in [9.17, 15) is 4.79 Å². The molecule has 0 atom stereocenters. The Hall–Kier alpha value is -3.90. The van der Waals surface area contributed by atoms with Gasteiger partial charge in [0.15, 0.2) is 0 Å². The largest absolute Gasteiger partial charge is 0.490 e. The molecule has 0 spiro atoms. The highest BCUT2D eigenvalue weighted by molar-refractivity contribution is 7.13. The predicted octanol–water partition coefficient (Wildman–Crippen LogP) is 6.10. The van der Waals surface area contributed by atoms with Gasteiger partial charge in [0, 0.05) is 17.5 Å². The molecule has 6 heteroatoms. The Morgan fingerprint density at radius 3 is 2.59 bits per heavy atom. The number of nitrogens with zero attached hydrogens (tertiary/aromatic N) is 1. The van der Waals surface area contributed by atoms with Crippen molar-refractivity contribution < 1.29 is 14.3 Å². The Balaban J connectivity index is 1.38. The highest BCUT2D eigenvalue weighted by Gasteiger charge is 2.12. The van der Waals surface area contributed by atoms with Gasteiger partial charge in [-0.25, -0.2) is 4.98 Å². The average Bonchev–Trinajstić information content (AvgIpc) is 3.33. The second kappa shape index (κ2) is 10.4. The van der Waals surface area contributed by atoms with Gasteiger partial charge in [-0.2, -0.15) is 0 Å². The number of para-hydroxylation sites is 1. The molecule has 0 saturated carbocycles. The molecule has 0 aliphatic heterocycles. The first-order valence-corrected chi connectivity index (χ1v) is 11.0. The molecule has 0 aliphatic rings. The molecule has 0 unspecified atom stereocenters. The number of benzene rings is 3. The highest BCUT2D eigenvalue weighted by Crippen LogP contribution is 2.27. The first-order chi connectivity index (χ1) is 15.7. The maximum absolute atomic E-state index is 12.6. The van der Waals surface area contributed by atoms with Crippen LogP contribution in [0.25, 0.3) is 10.6 Å². The number of ether oxygens (including phenoxy) is 2. The van der Waals surface area contributed by atoms with Crippen LogP contribution in [0.4, 0.5) is 0 Å². The monoisotopic (exact) mass is 442 g/mol. The number of thiazole rings is 1. The predicted molar refractivity (Wildman–Crippen MR) is 127 cm³/mol. The normalized spacial score (nSPS) is 10.4. The van der Waals surface area contributed by atoms with Crippen LogP contribution in [0.15, 0.2) is 96.9 Å².